The molecule has 2 aromatic carbocycles. The smallest absolute Gasteiger partial charge is 0.119 e. The molecule has 0 aliphatic rings. The number of rotatable bonds is 6. The molecule has 2 rings (SSSR count). The van der Waals surface area contributed by atoms with Gasteiger partial charge in [0.25, 0.3) is 0 Å². The van der Waals surface area contributed by atoms with E-state index in [1.165, 1.54) is 0 Å². The van der Waals surface area contributed by atoms with Gasteiger partial charge in [0.2, 0.25) is 0 Å². The van der Waals surface area contributed by atoms with Gasteiger partial charge in [0.1, 0.15) is 5.75 Å². The minimum absolute atomic E-state index is 0.0904. The fraction of sp³-hybridized carbons (Fsp3) is 0.250. The lowest BCUT2D eigenvalue weighted by Crippen LogP contribution is -2.06. The molecule has 0 unspecified atom stereocenters. The Morgan fingerprint density at radius 1 is 1.15 bits per heavy atom. The predicted octanol–water partition coefficient (Wildman–Crippen LogP) is 2.74. The SMILES string of the molecule is CCOc1ccc(-c2cc(N)ccc2NCCO)cc1. The van der Waals surface area contributed by atoms with E-state index in [0.717, 1.165) is 22.6 Å². The highest BCUT2D eigenvalue weighted by Gasteiger charge is 2.06. The first kappa shape index (κ1) is 14.2. The lowest BCUT2D eigenvalue weighted by Gasteiger charge is -2.13. The molecule has 0 aliphatic heterocycles. The molecule has 0 amide bonds. The van der Waals surface area contributed by atoms with Gasteiger partial charge in [-0.3, -0.25) is 0 Å². The molecule has 0 fully saturated rings. The van der Waals surface area contributed by atoms with Gasteiger partial charge >= 0.3 is 0 Å². The average molecular weight is 272 g/mol. The lowest BCUT2D eigenvalue weighted by atomic mass is 10.0. The van der Waals surface area contributed by atoms with Crippen molar-refractivity contribution in [2.45, 2.75) is 6.92 Å². The number of nitrogen functional groups attached to an aromatic ring is 1. The molecule has 0 aliphatic carbocycles. The van der Waals surface area contributed by atoms with E-state index in [-0.39, 0.29) is 6.61 Å². The zero-order valence-electron chi connectivity index (χ0n) is 11.6. The highest BCUT2D eigenvalue weighted by molar-refractivity contribution is 5.80. The van der Waals surface area contributed by atoms with E-state index in [0.29, 0.717) is 18.8 Å². The van der Waals surface area contributed by atoms with Crippen LogP contribution in [0.5, 0.6) is 5.75 Å². The average Bonchev–Trinajstić information content (AvgIpc) is 2.47. The Morgan fingerprint density at radius 2 is 1.90 bits per heavy atom. The van der Waals surface area contributed by atoms with Gasteiger partial charge in [0, 0.05) is 23.5 Å². The molecule has 0 aromatic heterocycles. The van der Waals surface area contributed by atoms with E-state index in [9.17, 15) is 0 Å². The van der Waals surface area contributed by atoms with E-state index >= 15 is 0 Å². The van der Waals surface area contributed by atoms with Crippen molar-refractivity contribution in [2.24, 2.45) is 0 Å². The van der Waals surface area contributed by atoms with Crippen LogP contribution in [-0.4, -0.2) is 24.9 Å². The van der Waals surface area contributed by atoms with Gasteiger partial charge in [0.15, 0.2) is 0 Å². The molecule has 106 valence electrons. The summed E-state index contributed by atoms with van der Waals surface area (Å²) in [4.78, 5) is 0. The maximum absolute atomic E-state index is 8.94. The third-order valence-electron chi connectivity index (χ3n) is 2.95. The second kappa shape index (κ2) is 6.82. The molecule has 0 radical (unpaired) electrons. The third-order valence-corrected chi connectivity index (χ3v) is 2.95. The van der Waals surface area contributed by atoms with Crippen LogP contribution in [0.25, 0.3) is 11.1 Å². The minimum Gasteiger partial charge on any atom is -0.494 e. The Labute approximate surface area is 119 Å². The van der Waals surface area contributed by atoms with Crippen LogP contribution < -0.4 is 15.8 Å². The number of aliphatic hydroxyl groups is 1. The fourth-order valence-electron chi connectivity index (χ4n) is 2.04. The van der Waals surface area contributed by atoms with Gasteiger partial charge in [-0.2, -0.15) is 0 Å². The van der Waals surface area contributed by atoms with Crippen molar-refractivity contribution in [3.05, 3.63) is 42.5 Å². The first-order valence-electron chi connectivity index (χ1n) is 6.72. The number of hydrogen-bond donors (Lipinski definition) is 3. The molecular formula is C16H20N2O2. The van der Waals surface area contributed by atoms with E-state index in [2.05, 4.69) is 5.32 Å². The molecule has 4 heteroatoms. The van der Waals surface area contributed by atoms with Gasteiger partial charge in [-0.05, 0) is 42.8 Å². The molecule has 0 saturated heterocycles. The summed E-state index contributed by atoms with van der Waals surface area (Å²) >= 11 is 0. The van der Waals surface area contributed by atoms with Crippen LogP contribution >= 0.6 is 0 Å². The zero-order chi connectivity index (χ0) is 14.4. The van der Waals surface area contributed by atoms with Crippen LogP contribution in [-0.2, 0) is 0 Å². The molecule has 4 nitrogen and oxygen atoms in total. The molecular weight excluding hydrogens is 252 g/mol. The second-order valence-corrected chi connectivity index (χ2v) is 4.41. The quantitative estimate of drug-likeness (QED) is 0.707. The largest absolute Gasteiger partial charge is 0.494 e. The van der Waals surface area contributed by atoms with Crippen molar-refractivity contribution in [2.75, 3.05) is 30.8 Å². The second-order valence-electron chi connectivity index (χ2n) is 4.41. The van der Waals surface area contributed by atoms with Crippen LogP contribution in [0.15, 0.2) is 42.5 Å². The van der Waals surface area contributed by atoms with Gasteiger partial charge in [-0.15, -0.1) is 0 Å². The van der Waals surface area contributed by atoms with Crippen molar-refractivity contribution in [3.8, 4) is 16.9 Å². The van der Waals surface area contributed by atoms with Crippen LogP contribution in [0.3, 0.4) is 0 Å². The van der Waals surface area contributed by atoms with Crippen LogP contribution in [0.4, 0.5) is 11.4 Å². The summed E-state index contributed by atoms with van der Waals surface area (Å²) in [5.41, 5.74) is 9.61. The third kappa shape index (κ3) is 3.42. The Kier molecular flexibility index (Phi) is 4.85. The fourth-order valence-corrected chi connectivity index (χ4v) is 2.04. The summed E-state index contributed by atoms with van der Waals surface area (Å²) < 4.78 is 5.44. The number of hydrogen-bond acceptors (Lipinski definition) is 4. The topological polar surface area (TPSA) is 67.5 Å². The monoisotopic (exact) mass is 272 g/mol. The predicted molar refractivity (Wildman–Crippen MR) is 83.0 cm³/mol. The van der Waals surface area contributed by atoms with Gasteiger partial charge < -0.3 is 20.9 Å². The van der Waals surface area contributed by atoms with Crippen LogP contribution in [0.2, 0.25) is 0 Å². The highest BCUT2D eigenvalue weighted by Crippen LogP contribution is 2.31. The number of anilines is 2. The van der Waals surface area contributed by atoms with E-state index in [1.54, 1.807) is 0 Å². The van der Waals surface area contributed by atoms with Crippen molar-refractivity contribution in [1.29, 1.82) is 0 Å². The van der Waals surface area contributed by atoms with Gasteiger partial charge in [-0.1, -0.05) is 12.1 Å². The number of ether oxygens (including phenoxy) is 1. The van der Waals surface area contributed by atoms with E-state index in [4.69, 9.17) is 15.6 Å². The summed E-state index contributed by atoms with van der Waals surface area (Å²) in [6, 6.07) is 13.6. The summed E-state index contributed by atoms with van der Waals surface area (Å²) in [7, 11) is 0. The molecule has 0 spiro atoms. The first-order valence-corrected chi connectivity index (χ1v) is 6.72. The number of nitrogens with two attached hydrogens (primary N) is 1. The number of aliphatic hydroxyl groups excluding tert-OH is 1. The molecule has 20 heavy (non-hydrogen) atoms. The Balaban J connectivity index is 2.32. The Bertz CT molecular complexity index is 553. The molecule has 2 aromatic rings. The van der Waals surface area contributed by atoms with Gasteiger partial charge in [-0.25, -0.2) is 0 Å². The van der Waals surface area contributed by atoms with E-state index < -0.39 is 0 Å². The molecule has 0 bridgehead atoms. The van der Waals surface area contributed by atoms with Crippen molar-refractivity contribution in [1.82, 2.24) is 0 Å². The summed E-state index contributed by atoms with van der Waals surface area (Å²) in [6.45, 7) is 3.21. The normalized spacial score (nSPS) is 10.3. The number of nitrogens with one attached hydrogen (secondary N) is 1. The molecule has 0 heterocycles. The van der Waals surface area contributed by atoms with Crippen molar-refractivity contribution < 1.29 is 9.84 Å². The Hall–Kier alpha value is -2.20. The van der Waals surface area contributed by atoms with Crippen molar-refractivity contribution in [3.63, 3.8) is 0 Å². The molecule has 0 saturated carbocycles. The lowest BCUT2D eigenvalue weighted by molar-refractivity contribution is 0.311. The first-order chi connectivity index (χ1) is 9.74. The maximum atomic E-state index is 8.94. The van der Waals surface area contributed by atoms with Crippen LogP contribution in [0, 0.1) is 0 Å². The van der Waals surface area contributed by atoms with E-state index in [1.807, 2.05) is 49.4 Å². The van der Waals surface area contributed by atoms with Crippen LogP contribution in [0.1, 0.15) is 6.92 Å². The van der Waals surface area contributed by atoms with Gasteiger partial charge in [0.05, 0.1) is 13.2 Å². The maximum Gasteiger partial charge on any atom is 0.119 e. The summed E-state index contributed by atoms with van der Waals surface area (Å²) in [5, 5.41) is 12.1. The Morgan fingerprint density at radius 3 is 2.55 bits per heavy atom. The highest BCUT2D eigenvalue weighted by atomic mass is 16.5. The summed E-state index contributed by atoms with van der Waals surface area (Å²) in [6.07, 6.45) is 0. The standard InChI is InChI=1S/C16H20N2O2/c1-2-20-14-6-3-12(4-7-14)15-11-13(17)5-8-16(15)18-9-10-19/h3-8,11,18-19H,2,9-10,17H2,1H3. The summed E-state index contributed by atoms with van der Waals surface area (Å²) in [5.74, 6) is 0.852. The zero-order valence-corrected chi connectivity index (χ0v) is 11.6. The molecule has 4 N–H and O–H groups in total. The van der Waals surface area contributed by atoms with Crippen molar-refractivity contribution >= 4 is 11.4 Å². The molecule has 0 atom stereocenters. The number of benzene rings is 2. The minimum atomic E-state index is 0.0904.